The first-order valence-electron chi connectivity index (χ1n) is 5.09. The van der Waals surface area contributed by atoms with Crippen LogP contribution in [0.15, 0.2) is 29.2 Å². The number of hydrogen-bond acceptors (Lipinski definition) is 4. The maximum absolute atomic E-state index is 11.4. The van der Waals surface area contributed by atoms with E-state index >= 15 is 0 Å². The van der Waals surface area contributed by atoms with Crippen molar-refractivity contribution in [3.8, 4) is 0 Å². The molecule has 0 saturated carbocycles. The summed E-state index contributed by atoms with van der Waals surface area (Å²) in [5, 5.41) is 9.45. The topological polar surface area (TPSA) is 54.4 Å². The number of rotatable bonds is 2. The number of sulfone groups is 1. The zero-order valence-electron chi connectivity index (χ0n) is 8.96. The molecule has 1 fully saturated rings. The smallest absolute Gasteiger partial charge is 0.154 e. The molecule has 1 heterocycles. The normalized spacial score (nSPS) is 28.1. The van der Waals surface area contributed by atoms with Gasteiger partial charge in [0.05, 0.1) is 22.9 Å². The van der Waals surface area contributed by atoms with Gasteiger partial charge in [0.25, 0.3) is 0 Å². The molecule has 88 valence electrons. The molecule has 1 aromatic rings. The van der Waals surface area contributed by atoms with Crippen molar-refractivity contribution in [1.29, 1.82) is 0 Å². The highest BCUT2D eigenvalue weighted by Crippen LogP contribution is 2.32. The van der Waals surface area contributed by atoms with E-state index in [1.54, 1.807) is 0 Å². The molecular weight excluding hydrogens is 244 g/mol. The molecule has 2 unspecified atom stereocenters. The van der Waals surface area contributed by atoms with Crippen LogP contribution >= 0.6 is 11.8 Å². The van der Waals surface area contributed by atoms with E-state index in [0.29, 0.717) is 0 Å². The van der Waals surface area contributed by atoms with Gasteiger partial charge in [0, 0.05) is 4.90 Å². The maximum Gasteiger partial charge on any atom is 0.154 e. The molecule has 2 atom stereocenters. The molecule has 1 N–H and O–H groups in total. The van der Waals surface area contributed by atoms with Gasteiger partial charge in [-0.25, -0.2) is 8.42 Å². The minimum atomic E-state index is -3.05. The van der Waals surface area contributed by atoms with Crippen LogP contribution in [0.1, 0.15) is 5.56 Å². The lowest BCUT2D eigenvalue weighted by Gasteiger charge is -2.13. The predicted octanol–water partition coefficient (Wildman–Crippen LogP) is 1.25. The molecule has 0 radical (unpaired) electrons. The van der Waals surface area contributed by atoms with Crippen molar-refractivity contribution in [1.82, 2.24) is 0 Å². The average molecular weight is 258 g/mol. The standard InChI is InChI=1S/C11H14O3S2/c1-8-4-2-3-5-10(8)15-11-7-16(13,14)6-9(11)12/h2-5,9,11-12H,6-7H2,1H3. The molecule has 1 aliphatic heterocycles. The number of hydrogen-bond donors (Lipinski definition) is 1. The Morgan fingerprint density at radius 2 is 2.00 bits per heavy atom. The predicted molar refractivity (Wildman–Crippen MR) is 65.5 cm³/mol. The summed E-state index contributed by atoms with van der Waals surface area (Å²) in [5.74, 6) is -0.0241. The van der Waals surface area contributed by atoms with Crippen LogP contribution in [0.5, 0.6) is 0 Å². The Kier molecular flexibility index (Phi) is 3.28. The van der Waals surface area contributed by atoms with Crippen molar-refractivity contribution < 1.29 is 13.5 Å². The maximum atomic E-state index is 11.4. The van der Waals surface area contributed by atoms with Gasteiger partial charge in [-0.3, -0.25) is 0 Å². The van der Waals surface area contributed by atoms with Gasteiger partial charge in [-0.15, -0.1) is 11.8 Å². The molecule has 1 aromatic carbocycles. The highest BCUT2D eigenvalue weighted by atomic mass is 32.2. The summed E-state index contributed by atoms with van der Waals surface area (Å²) in [6.07, 6.45) is -0.741. The van der Waals surface area contributed by atoms with Crippen LogP contribution in [-0.2, 0) is 9.84 Å². The van der Waals surface area contributed by atoms with Crippen molar-refractivity contribution >= 4 is 21.6 Å². The highest BCUT2D eigenvalue weighted by Gasteiger charge is 2.37. The van der Waals surface area contributed by atoms with Gasteiger partial charge in [0.15, 0.2) is 9.84 Å². The molecule has 0 amide bonds. The summed E-state index contributed by atoms with van der Waals surface area (Å²) in [4.78, 5) is 1.05. The summed E-state index contributed by atoms with van der Waals surface area (Å²) in [6.45, 7) is 1.98. The summed E-state index contributed by atoms with van der Waals surface area (Å²) >= 11 is 1.46. The molecule has 3 nitrogen and oxygen atoms in total. The summed E-state index contributed by atoms with van der Waals surface area (Å²) < 4.78 is 22.7. The third-order valence-electron chi connectivity index (χ3n) is 2.64. The van der Waals surface area contributed by atoms with Gasteiger partial charge in [-0.1, -0.05) is 18.2 Å². The first-order valence-corrected chi connectivity index (χ1v) is 7.79. The first kappa shape index (κ1) is 12.0. The van der Waals surface area contributed by atoms with E-state index in [2.05, 4.69) is 0 Å². The number of thioether (sulfide) groups is 1. The fraction of sp³-hybridized carbons (Fsp3) is 0.455. The SMILES string of the molecule is Cc1ccccc1SC1CS(=O)(=O)CC1O. The molecule has 16 heavy (non-hydrogen) atoms. The van der Waals surface area contributed by atoms with Crippen LogP contribution in [0.2, 0.25) is 0 Å². The second kappa shape index (κ2) is 4.39. The lowest BCUT2D eigenvalue weighted by atomic mass is 10.2. The van der Waals surface area contributed by atoms with E-state index in [0.717, 1.165) is 10.5 Å². The van der Waals surface area contributed by atoms with Gasteiger partial charge in [0.2, 0.25) is 0 Å². The van der Waals surface area contributed by atoms with Crippen molar-refractivity contribution in [2.75, 3.05) is 11.5 Å². The molecule has 5 heteroatoms. The van der Waals surface area contributed by atoms with E-state index in [4.69, 9.17) is 0 Å². The summed E-state index contributed by atoms with van der Waals surface area (Å²) in [6, 6.07) is 7.81. The van der Waals surface area contributed by atoms with Crippen LogP contribution in [-0.4, -0.2) is 36.4 Å². The van der Waals surface area contributed by atoms with E-state index in [-0.39, 0.29) is 16.8 Å². The summed E-state index contributed by atoms with van der Waals surface area (Å²) in [7, 11) is -3.05. The molecule has 1 aliphatic rings. The van der Waals surface area contributed by atoms with Gasteiger partial charge in [-0.2, -0.15) is 0 Å². The fourth-order valence-corrected chi connectivity index (χ4v) is 5.38. The number of aliphatic hydroxyl groups excluding tert-OH is 1. The van der Waals surface area contributed by atoms with Gasteiger partial charge < -0.3 is 5.11 Å². The Morgan fingerprint density at radius 1 is 1.31 bits per heavy atom. The highest BCUT2D eigenvalue weighted by molar-refractivity contribution is 8.02. The number of benzene rings is 1. The van der Waals surface area contributed by atoms with E-state index < -0.39 is 15.9 Å². The lowest BCUT2D eigenvalue weighted by Crippen LogP contribution is -2.19. The Hall–Kier alpha value is -0.520. The average Bonchev–Trinajstić information content (AvgIpc) is 2.44. The van der Waals surface area contributed by atoms with Crippen LogP contribution in [0, 0.1) is 6.92 Å². The second-order valence-corrected chi connectivity index (χ2v) is 7.50. The molecule has 0 spiro atoms. The van der Waals surface area contributed by atoms with Crippen LogP contribution in [0.4, 0.5) is 0 Å². The second-order valence-electron chi connectivity index (χ2n) is 4.07. The van der Waals surface area contributed by atoms with Gasteiger partial charge in [0.1, 0.15) is 0 Å². The number of aliphatic hydroxyl groups is 1. The third-order valence-corrected chi connectivity index (χ3v) is 6.07. The van der Waals surface area contributed by atoms with Crippen molar-refractivity contribution in [3.05, 3.63) is 29.8 Å². The van der Waals surface area contributed by atoms with E-state index in [1.165, 1.54) is 11.8 Å². The Balaban J connectivity index is 2.15. The molecule has 0 bridgehead atoms. The minimum absolute atomic E-state index is 0.0766. The molecule has 0 aromatic heterocycles. The lowest BCUT2D eigenvalue weighted by molar-refractivity contribution is 0.207. The largest absolute Gasteiger partial charge is 0.391 e. The van der Waals surface area contributed by atoms with Crippen molar-refractivity contribution in [2.45, 2.75) is 23.2 Å². The molecule has 0 aliphatic carbocycles. The van der Waals surface area contributed by atoms with Crippen LogP contribution < -0.4 is 0 Å². The van der Waals surface area contributed by atoms with Crippen LogP contribution in [0.3, 0.4) is 0 Å². The van der Waals surface area contributed by atoms with Crippen molar-refractivity contribution in [2.24, 2.45) is 0 Å². The Bertz CT molecular complexity index is 482. The Labute approximate surface area is 99.8 Å². The quantitative estimate of drug-likeness (QED) is 0.867. The zero-order chi connectivity index (χ0) is 11.8. The third kappa shape index (κ3) is 2.59. The van der Waals surface area contributed by atoms with E-state index in [9.17, 15) is 13.5 Å². The van der Waals surface area contributed by atoms with Gasteiger partial charge in [-0.05, 0) is 18.6 Å². The molecule has 1 saturated heterocycles. The van der Waals surface area contributed by atoms with Crippen molar-refractivity contribution in [3.63, 3.8) is 0 Å². The number of aryl methyl sites for hydroxylation is 1. The Morgan fingerprint density at radius 3 is 2.56 bits per heavy atom. The van der Waals surface area contributed by atoms with Gasteiger partial charge >= 0.3 is 0 Å². The zero-order valence-corrected chi connectivity index (χ0v) is 10.6. The molecule has 2 rings (SSSR count). The molecular formula is C11H14O3S2. The van der Waals surface area contributed by atoms with E-state index in [1.807, 2.05) is 31.2 Å². The first-order chi connectivity index (χ1) is 7.48. The summed E-state index contributed by atoms with van der Waals surface area (Å²) in [5.41, 5.74) is 1.11. The monoisotopic (exact) mass is 258 g/mol. The van der Waals surface area contributed by atoms with Crippen LogP contribution in [0.25, 0.3) is 0 Å². The minimum Gasteiger partial charge on any atom is -0.391 e. The fourth-order valence-electron chi connectivity index (χ4n) is 1.76.